The normalized spacial score (nSPS) is 14.5. The predicted molar refractivity (Wildman–Crippen MR) is 120 cm³/mol. The molecule has 162 valence electrons. The van der Waals surface area contributed by atoms with Crippen LogP contribution in [0.4, 0.5) is 0 Å². The van der Waals surface area contributed by atoms with Gasteiger partial charge in [-0.25, -0.2) is 8.42 Å². The fourth-order valence-corrected chi connectivity index (χ4v) is 4.79. The highest BCUT2D eigenvalue weighted by Gasteiger charge is 2.27. The van der Waals surface area contributed by atoms with Crippen LogP contribution in [0.1, 0.15) is 35.7 Å². The minimum atomic E-state index is -3.49. The summed E-state index contributed by atoms with van der Waals surface area (Å²) in [5.41, 5.74) is 1.17. The Morgan fingerprint density at radius 3 is 2.45 bits per heavy atom. The van der Waals surface area contributed by atoms with Gasteiger partial charge < -0.3 is 9.47 Å². The van der Waals surface area contributed by atoms with Crippen molar-refractivity contribution in [1.29, 1.82) is 0 Å². The van der Waals surface area contributed by atoms with E-state index in [1.807, 2.05) is 6.92 Å². The Balaban J connectivity index is 1.72. The van der Waals surface area contributed by atoms with Crippen molar-refractivity contribution in [2.45, 2.75) is 24.7 Å². The lowest BCUT2D eigenvalue weighted by molar-refractivity contribution is 0.104. The molecule has 0 aromatic heterocycles. The molecule has 6 nitrogen and oxygen atoms in total. The summed E-state index contributed by atoms with van der Waals surface area (Å²) in [5, 5.41) is 0. The van der Waals surface area contributed by atoms with Gasteiger partial charge in [-0.3, -0.25) is 4.79 Å². The summed E-state index contributed by atoms with van der Waals surface area (Å²) in [6.45, 7) is 3.55. The van der Waals surface area contributed by atoms with Crippen LogP contribution >= 0.6 is 0 Å². The van der Waals surface area contributed by atoms with Gasteiger partial charge in [0.15, 0.2) is 17.3 Å². The van der Waals surface area contributed by atoms with Crippen molar-refractivity contribution in [3.05, 3.63) is 59.7 Å². The van der Waals surface area contributed by atoms with Crippen molar-refractivity contribution in [1.82, 2.24) is 4.31 Å². The maximum Gasteiger partial charge on any atom is 0.243 e. The van der Waals surface area contributed by atoms with E-state index in [9.17, 15) is 13.2 Å². The fraction of sp³-hybridized carbons (Fsp3) is 0.292. The van der Waals surface area contributed by atoms with Crippen molar-refractivity contribution in [3.63, 3.8) is 0 Å². The largest absolute Gasteiger partial charge is 0.490 e. The second-order valence-electron chi connectivity index (χ2n) is 6.97. The summed E-state index contributed by atoms with van der Waals surface area (Å²) in [4.78, 5) is 12.7. The lowest BCUT2D eigenvalue weighted by Crippen LogP contribution is -2.27. The monoisotopic (exact) mass is 439 g/mol. The first-order chi connectivity index (χ1) is 15.0. The number of benzene rings is 2. The van der Waals surface area contributed by atoms with Gasteiger partial charge in [0.25, 0.3) is 0 Å². The standard InChI is InChI=1S/C24H25NO5S/c1-3-17-30-23-14-8-19(18-24(23)29-4-2)7-13-22(26)20-9-11-21(12-10-20)31(27,28)25-15-5-6-16-25/h1,7-14,18H,4-6,15-17H2,2H3/b13-7+. The summed E-state index contributed by atoms with van der Waals surface area (Å²) in [6.07, 6.45) is 10.1. The molecule has 0 bridgehead atoms. The van der Waals surface area contributed by atoms with E-state index >= 15 is 0 Å². The third-order valence-electron chi connectivity index (χ3n) is 4.85. The number of hydrogen-bond acceptors (Lipinski definition) is 5. The van der Waals surface area contributed by atoms with Gasteiger partial charge >= 0.3 is 0 Å². The Bertz CT molecular complexity index is 1090. The third kappa shape index (κ3) is 5.54. The minimum Gasteiger partial charge on any atom is -0.490 e. The number of nitrogens with zero attached hydrogens (tertiary/aromatic N) is 1. The smallest absolute Gasteiger partial charge is 0.243 e. The van der Waals surface area contributed by atoms with Gasteiger partial charge in [-0.1, -0.05) is 18.1 Å². The van der Waals surface area contributed by atoms with Crippen LogP contribution < -0.4 is 9.47 Å². The molecule has 0 radical (unpaired) electrons. The van der Waals surface area contributed by atoms with E-state index in [0.29, 0.717) is 36.8 Å². The molecular formula is C24H25NO5S. The van der Waals surface area contributed by atoms with Crippen LogP contribution in [0.2, 0.25) is 0 Å². The molecule has 31 heavy (non-hydrogen) atoms. The van der Waals surface area contributed by atoms with Crippen LogP contribution in [0.15, 0.2) is 53.4 Å². The highest BCUT2D eigenvalue weighted by molar-refractivity contribution is 7.89. The number of rotatable bonds is 9. The molecule has 0 amide bonds. The Morgan fingerprint density at radius 2 is 1.81 bits per heavy atom. The lowest BCUT2D eigenvalue weighted by atomic mass is 10.1. The van der Waals surface area contributed by atoms with Crippen molar-refractivity contribution in [2.24, 2.45) is 0 Å². The van der Waals surface area contributed by atoms with E-state index in [2.05, 4.69) is 5.92 Å². The van der Waals surface area contributed by atoms with Gasteiger partial charge in [-0.05, 0) is 67.8 Å². The van der Waals surface area contributed by atoms with Crippen molar-refractivity contribution < 1.29 is 22.7 Å². The van der Waals surface area contributed by atoms with Crippen LogP contribution in [0.25, 0.3) is 6.08 Å². The topological polar surface area (TPSA) is 72.9 Å². The van der Waals surface area contributed by atoms with E-state index in [0.717, 1.165) is 18.4 Å². The highest BCUT2D eigenvalue weighted by Crippen LogP contribution is 2.29. The number of carbonyl (C=O) groups is 1. The summed E-state index contributed by atoms with van der Waals surface area (Å²) in [7, 11) is -3.49. The number of terminal acetylenes is 1. The van der Waals surface area contributed by atoms with E-state index in [1.54, 1.807) is 24.3 Å². The molecule has 1 fully saturated rings. The number of ether oxygens (including phenoxy) is 2. The molecule has 1 saturated heterocycles. The van der Waals surface area contributed by atoms with E-state index in [-0.39, 0.29) is 17.3 Å². The van der Waals surface area contributed by atoms with Gasteiger partial charge in [-0.15, -0.1) is 6.42 Å². The first kappa shape index (κ1) is 22.6. The summed E-state index contributed by atoms with van der Waals surface area (Å²) < 4.78 is 37.7. The molecule has 1 aliphatic rings. The third-order valence-corrected chi connectivity index (χ3v) is 6.76. The zero-order chi connectivity index (χ0) is 22.3. The zero-order valence-electron chi connectivity index (χ0n) is 17.4. The van der Waals surface area contributed by atoms with Crippen LogP contribution in [0, 0.1) is 12.3 Å². The summed E-state index contributed by atoms with van der Waals surface area (Å²) in [5.74, 6) is 3.27. The van der Waals surface area contributed by atoms with Gasteiger partial charge in [0.2, 0.25) is 10.0 Å². The van der Waals surface area contributed by atoms with Gasteiger partial charge in [0.1, 0.15) is 6.61 Å². The van der Waals surface area contributed by atoms with Crippen LogP contribution in [-0.2, 0) is 10.0 Å². The Morgan fingerprint density at radius 1 is 1.10 bits per heavy atom. The number of ketones is 1. The Hall–Kier alpha value is -3.08. The molecule has 7 heteroatoms. The molecule has 2 aromatic carbocycles. The highest BCUT2D eigenvalue weighted by atomic mass is 32.2. The molecule has 0 aliphatic carbocycles. The first-order valence-corrected chi connectivity index (χ1v) is 11.6. The van der Waals surface area contributed by atoms with Crippen LogP contribution in [0.3, 0.4) is 0 Å². The molecule has 0 atom stereocenters. The van der Waals surface area contributed by atoms with Gasteiger partial charge in [-0.2, -0.15) is 4.31 Å². The molecule has 3 rings (SSSR count). The molecule has 0 saturated carbocycles. The maximum atomic E-state index is 12.6. The molecular weight excluding hydrogens is 414 g/mol. The number of allylic oxidation sites excluding steroid dienone is 1. The van der Waals surface area contributed by atoms with Crippen LogP contribution in [0.5, 0.6) is 11.5 Å². The Labute approximate surface area is 183 Å². The SMILES string of the molecule is C#CCOc1ccc(/C=C/C(=O)c2ccc(S(=O)(=O)N3CCCC3)cc2)cc1OCC. The quantitative estimate of drug-likeness (QED) is 0.338. The van der Waals surface area contributed by atoms with E-state index in [1.165, 1.54) is 34.6 Å². The molecule has 2 aromatic rings. The van der Waals surface area contributed by atoms with Gasteiger partial charge in [0.05, 0.1) is 11.5 Å². The second-order valence-corrected chi connectivity index (χ2v) is 8.90. The van der Waals surface area contributed by atoms with Crippen molar-refractivity contribution >= 4 is 21.9 Å². The van der Waals surface area contributed by atoms with E-state index < -0.39 is 10.0 Å². The average Bonchev–Trinajstić information content (AvgIpc) is 3.33. The molecule has 1 heterocycles. The van der Waals surface area contributed by atoms with Crippen molar-refractivity contribution in [3.8, 4) is 23.8 Å². The molecule has 1 aliphatic heterocycles. The number of hydrogen-bond donors (Lipinski definition) is 0. The average molecular weight is 440 g/mol. The molecule has 0 N–H and O–H groups in total. The molecule has 0 spiro atoms. The van der Waals surface area contributed by atoms with Crippen LogP contribution in [-0.4, -0.2) is 44.8 Å². The molecule has 0 unspecified atom stereocenters. The predicted octanol–water partition coefficient (Wildman–Crippen LogP) is 3.78. The minimum absolute atomic E-state index is 0.136. The summed E-state index contributed by atoms with van der Waals surface area (Å²) >= 11 is 0. The second kappa shape index (κ2) is 10.3. The van der Waals surface area contributed by atoms with Crippen molar-refractivity contribution in [2.75, 3.05) is 26.3 Å². The fourth-order valence-electron chi connectivity index (χ4n) is 3.27. The van der Waals surface area contributed by atoms with Gasteiger partial charge in [0, 0.05) is 18.7 Å². The zero-order valence-corrected chi connectivity index (χ0v) is 18.2. The Kier molecular flexibility index (Phi) is 7.50. The lowest BCUT2D eigenvalue weighted by Gasteiger charge is -2.15. The summed E-state index contributed by atoms with van der Waals surface area (Å²) in [6, 6.07) is 11.4. The number of carbonyl (C=O) groups excluding carboxylic acids is 1. The van der Waals surface area contributed by atoms with E-state index in [4.69, 9.17) is 15.9 Å². The number of sulfonamides is 1. The maximum absolute atomic E-state index is 12.6. The first-order valence-electron chi connectivity index (χ1n) is 10.1.